The molecule has 1 fully saturated rings. The molecule has 0 aliphatic heterocycles. The Morgan fingerprint density at radius 3 is 3.00 bits per heavy atom. The summed E-state index contributed by atoms with van der Waals surface area (Å²) in [6, 6.07) is 4.67. The highest BCUT2D eigenvalue weighted by Gasteiger charge is 2.46. The van der Waals surface area contributed by atoms with Crippen molar-refractivity contribution in [2.75, 3.05) is 6.54 Å². The van der Waals surface area contributed by atoms with E-state index in [9.17, 15) is 9.18 Å². The van der Waals surface area contributed by atoms with Gasteiger partial charge in [-0.05, 0) is 31.9 Å². The average Bonchev–Trinajstić information content (AvgIpc) is 3.08. The molecule has 0 aromatic heterocycles. The quantitative estimate of drug-likeness (QED) is 0.872. The third kappa shape index (κ3) is 3.45. The number of halogens is 2. The molecule has 1 aliphatic carbocycles. The van der Waals surface area contributed by atoms with Crippen molar-refractivity contribution >= 4 is 17.5 Å². The Bertz CT molecular complexity index is 458. The first kappa shape index (κ1) is 14.3. The normalized spacial score (nSPS) is 22.9. The van der Waals surface area contributed by atoms with Gasteiger partial charge in [0.1, 0.15) is 5.82 Å². The van der Waals surface area contributed by atoms with Gasteiger partial charge in [-0.15, -0.1) is 0 Å². The molecule has 2 rings (SSSR count). The van der Waals surface area contributed by atoms with Gasteiger partial charge in [-0.3, -0.25) is 4.79 Å². The number of benzene rings is 1. The second kappa shape index (κ2) is 5.88. The van der Waals surface area contributed by atoms with Gasteiger partial charge in [0, 0.05) is 35.0 Å². The molecule has 3 unspecified atom stereocenters. The molecule has 1 saturated carbocycles. The Hall–Kier alpha value is -1.13. The van der Waals surface area contributed by atoms with Crippen LogP contribution in [0.1, 0.15) is 31.2 Å². The standard InChI is InChI=1S/C14H18ClFN2O/c1-8(17)5-6-18-14(19)10-7-9(10)13-11(15)3-2-4-12(13)16/h2-4,8-10H,5-7,17H2,1H3,(H,18,19). The van der Waals surface area contributed by atoms with E-state index in [1.54, 1.807) is 12.1 Å². The molecule has 3 atom stereocenters. The molecule has 1 aromatic carbocycles. The summed E-state index contributed by atoms with van der Waals surface area (Å²) in [6.07, 6.45) is 1.40. The molecular weight excluding hydrogens is 267 g/mol. The van der Waals surface area contributed by atoms with Crippen LogP contribution in [0, 0.1) is 11.7 Å². The first-order chi connectivity index (χ1) is 9.00. The molecule has 0 heterocycles. The molecule has 0 spiro atoms. The van der Waals surface area contributed by atoms with Crippen LogP contribution in [-0.2, 0) is 4.79 Å². The topological polar surface area (TPSA) is 55.1 Å². The Kier molecular flexibility index (Phi) is 4.42. The van der Waals surface area contributed by atoms with Crippen LogP contribution in [0.15, 0.2) is 18.2 Å². The third-order valence-corrected chi connectivity index (χ3v) is 3.73. The van der Waals surface area contributed by atoms with Crippen LogP contribution in [0.5, 0.6) is 0 Å². The maximum Gasteiger partial charge on any atom is 0.223 e. The molecule has 1 aliphatic rings. The molecule has 5 heteroatoms. The first-order valence-electron chi connectivity index (χ1n) is 6.48. The third-order valence-electron chi connectivity index (χ3n) is 3.40. The number of amides is 1. The van der Waals surface area contributed by atoms with Crippen molar-refractivity contribution in [2.24, 2.45) is 11.7 Å². The zero-order valence-corrected chi connectivity index (χ0v) is 11.6. The van der Waals surface area contributed by atoms with Crippen molar-refractivity contribution in [1.82, 2.24) is 5.32 Å². The van der Waals surface area contributed by atoms with E-state index in [4.69, 9.17) is 17.3 Å². The van der Waals surface area contributed by atoms with Gasteiger partial charge in [0.15, 0.2) is 0 Å². The highest BCUT2D eigenvalue weighted by molar-refractivity contribution is 6.31. The summed E-state index contributed by atoms with van der Waals surface area (Å²) in [5, 5.41) is 3.23. The predicted molar refractivity (Wildman–Crippen MR) is 73.5 cm³/mol. The number of nitrogens with one attached hydrogen (secondary N) is 1. The van der Waals surface area contributed by atoms with Gasteiger partial charge in [-0.25, -0.2) is 4.39 Å². The van der Waals surface area contributed by atoms with E-state index in [-0.39, 0.29) is 29.6 Å². The van der Waals surface area contributed by atoms with E-state index in [0.717, 1.165) is 6.42 Å². The van der Waals surface area contributed by atoms with Crippen molar-refractivity contribution in [3.05, 3.63) is 34.6 Å². The monoisotopic (exact) mass is 284 g/mol. The van der Waals surface area contributed by atoms with E-state index in [0.29, 0.717) is 23.6 Å². The van der Waals surface area contributed by atoms with Gasteiger partial charge >= 0.3 is 0 Å². The van der Waals surface area contributed by atoms with Crippen LogP contribution >= 0.6 is 11.6 Å². The van der Waals surface area contributed by atoms with E-state index in [2.05, 4.69) is 5.32 Å². The zero-order valence-electron chi connectivity index (χ0n) is 10.8. The minimum atomic E-state index is -0.330. The Morgan fingerprint density at radius 2 is 2.37 bits per heavy atom. The number of nitrogens with two attached hydrogens (primary N) is 1. The van der Waals surface area contributed by atoms with Gasteiger partial charge < -0.3 is 11.1 Å². The van der Waals surface area contributed by atoms with Crippen LogP contribution in [0.4, 0.5) is 4.39 Å². The second-order valence-electron chi connectivity index (χ2n) is 5.14. The fourth-order valence-corrected chi connectivity index (χ4v) is 2.53. The molecule has 1 aromatic rings. The highest BCUT2D eigenvalue weighted by Crippen LogP contribution is 2.50. The summed E-state index contributed by atoms with van der Waals surface area (Å²) in [4.78, 5) is 11.9. The van der Waals surface area contributed by atoms with Crippen LogP contribution in [0.3, 0.4) is 0 Å². The van der Waals surface area contributed by atoms with Gasteiger partial charge in [-0.1, -0.05) is 17.7 Å². The van der Waals surface area contributed by atoms with Gasteiger partial charge in [0.05, 0.1) is 0 Å². The maximum absolute atomic E-state index is 13.7. The summed E-state index contributed by atoms with van der Waals surface area (Å²) < 4.78 is 13.7. The van der Waals surface area contributed by atoms with E-state index in [1.807, 2.05) is 6.92 Å². The lowest BCUT2D eigenvalue weighted by Gasteiger charge is -2.08. The van der Waals surface area contributed by atoms with Crippen molar-refractivity contribution < 1.29 is 9.18 Å². The number of hydrogen-bond acceptors (Lipinski definition) is 2. The van der Waals surface area contributed by atoms with Crippen LogP contribution in [0.25, 0.3) is 0 Å². The first-order valence-corrected chi connectivity index (χ1v) is 6.85. The zero-order chi connectivity index (χ0) is 14.0. The second-order valence-corrected chi connectivity index (χ2v) is 5.55. The van der Waals surface area contributed by atoms with E-state index >= 15 is 0 Å². The number of carbonyl (C=O) groups is 1. The largest absolute Gasteiger partial charge is 0.356 e. The molecule has 0 radical (unpaired) electrons. The number of hydrogen-bond donors (Lipinski definition) is 2. The lowest BCUT2D eigenvalue weighted by molar-refractivity contribution is -0.122. The van der Waals surface area contributed by atoms with Crippen molar-refractivity contribution in [2.45, 2.75) is 31.7 Å². The number of rotatable bonds is 5. The summed E-state index contributed by atoms with van der Waals surface area (Å²) in [5.74, 6) is -0.625. The molecule has 104 valence electrons. The minimum Gasteiger partial charge on any atom is -0.356 e. The summed E-state index contributed by atoms with van der Waals surface area (Å²) in [5.41, 5.74) is 6.08. The summed E-state index contributed by atoms with van der Waals surface area (Å²) in [6.45, 7) is 2.45. The molecule has 0 bridgehead atoms. The van der Waals surface area contributed by atoms with E-state index in [1.165, 1.54) is 6.07 Å². The van der Waals surface area contributed by atoms with Gasteiger partial charge in [0.2, 0.25) is 5.91 Å². The maximum atomic E-state index is 13.7. The van der Waals surface area contributed by atoms with Crippen LogP contribution in [-0.4, -0.2) is 18.5 Å². The van der Waals surface area contributed by atoms with Crippen LogP contribution in [0.2, 0.25) is 5.02 Å². The summed E-state index contributed by atoms with van der Waals surface area (Å²) >= 11 is 5.99. The lowest BCUT2D eigenvalue weighted by atomic mass is 10.1. The Labute approximate surface area is 117 Å². The molecule has 0 saturated heterocycles. The predicted octanol–water partition coefficient (Wildman–Crippen LogP) is 2.44. The molecule has 19 heavy (non-hydrogen) atoms. The van der Waals surface area contributed by atoms with Gasteiger partial charge in [-0.2, -0.15) is 0 Å². The van der Waals surface area contributed by atoms with Crippen molar-refractivity contribution in [3.8, 4) is 0 Å². The highest BCUT2D eigenvalue weighted by atomic mass is 35.5. The molecule has 3 nitrogen and oxygen atoms in total. The van der Waals surface area contributed by atoms with Crippen molar-refractivity contribution in [3.63, 3.8) is 0 Å². The fourth-order valence-electron chi connectivity index (χ4n) is 2.22. The Morgan fingerprint density at radius 1 is 1.63 bits per heavy atom. The fraction of sp³-hybridized carbons (Fsp3) is 0.500. The van der Waals surface area contributed by atoms with Crippen LogP contribution < -0.4 is 11.1 Å². The number of carbonyl (C=O) groups excluding carboxylic acids is 1. The van der Waals surface area contributed by atoms with E-state index < -0.39 is 0 Å². The smallest absolute Gasteiger partial charge is 0.223 e. The van der Waals surface area contributed by atoms with Gasteiger partial charge in [0.25, 0.3) is 0 Å². The minimum absolute atomic E-state index is 0.0371. The van der Waals surface area contributed by atoms with Crippen molar-refractivity contribution in [1.29, 1.82) is 0 Å². The molecule has 1 amide bonds. The SMILES string of the molecule is CC(N)CCNC(=O)C1CC1c1c(F)cccc1Cl. The lowest BCUT2D eigenvalue weighted by Crippen LogP contribution is -2.30. The average molecular weight is 285 g/mol. The molecular formula is C14H18ClFN2O. The summed E-state index contributed by atoms with van der Waals surface area (Å²) in [7, 11) is 0. The Balaban J connectivity index is 1.92. The molecule has 3 N–H and O–H groups in total.